The van der Waals surface area contributed by atoms with Crippen LogP contribution in [0.4, 0.5) is 17.5 Å². The lowest BCUT2D eigenvalue weighted by atomic mass is 9.91. The van der Waals surface area contributed by atoms with Crippen molar-refractivity contribution in [3.05, 3.63) is 53.8 Å². The molecular formula is C21H27N7O. The maximum absolute atomic E-state index is 11.8. The fourth-order valence-electron chi connectivity index (χ4n) is 3.35. The van der Waals surface area contributed by atoms with E-state index in [1.807, 2.05) is 37.3 Å². The van der Waals surface area contributed by atoms with Gasteiger partial charge in [-0.25, -0.2) is 0 Å². The second-order valence-corrected chi connectivity index (χ2v) is 7.19. The van der Waals surface area contributed by atoms with Gasteiger partial charge in [0.2, 0.25) is 5.95 Å². The van der Waals surface area contributed by atoms with Crippen molar-refractivity contribution in [2.24, 2.45) is 11.5 Å². The molecule has 8 nitrogen and oxygen atoms in total. The van der Waals surface area contributed by atoms with E-state index < -0.39 is 5.91 Å². The molecule has 0 aliphatic heterocycles. The number of rotatable bonds is 7. The quantitative estimate of drug-likeness (QED) is 0.532. The Kier molecular flexibility index (Phi) is 6.56. The molecule has 2 aromatic rings. The fraction of sp³-hybridized carbons (Fsp3) is 0.333. The number of benzene rings is 1. The summed E-state index contributed by atoms with van der Waals surface area (Å²) >= 11 is 0. The molecule has 2 atom stereocenters. The van der Waals surface area contributed by atoms with Gasteiger partial charge in [0.25, 0.3) is 5.91 Å². The first-order valence-electron chi connectivity index (χ1n) is 9.71. The Bertz CT molecular complexity index is 925. The number of hydrogen-bond acceptors (Lipinski definition) is 7. The second-order valence-electron chi connectivity index (χ2n) is 7.19. The highest BCUT2D eigenvalue weighted by Crippen LogP contribution is 2.24. The van der Waals surface area contributed by atoms with Crippen molar-refractivity contribution in [1.29, 1.82) is 0 Å². The monoisotopic (exact) mass is 393 g/mol. The predicted octanol–water partition coefficient (Wildman–Crippen LogP) is 2.90. The third kappa shape index (κ3) is 5.17. The number of anilines is 3. The van der Waals surface area contributed by atoms with Crippen molar-refractivity contribution in [1.82, 2.24) is 15.2 Å². The highest BCUT2D eigenvalue weighted by atomic mass is 16.1. The van der Waals surface area contributed by atoms with Crippen molar-refractivity contribution in [3.63, 3.8) is 0 Å². The van der Waals surface area contributed by atoms with Gasteiger partial charge in [-0.3, -0.25) is 4.79 Å². The fourth-order valence-corrected chi connectivity index (χ4v) is 3.35. The maximum Gasteiger partial charge on any atom is 0.273 e. The van der Waals surface area contributed by atoms with Gasteiger partial charge in [-0.2, -0.15) is 4.98 Å². The van der Waals surface area contributed by atoms with Crippen LogP contribution in [0.1, 0.15) is 47.3 Å². The molecule has 0 spiro atoms. The third-order valence-electron chi connectivity index (χ3n) is 5.01. The minimum absolute atomic E-state index is 0.0211. The van der Waals surface area contributed by atoms with Crippen LogP contribution in [0.5, 0.6) is 0 Å². The highest BCUT2D eigenvalue weighted by molar-refractivity contribution is 5.96. The summed E-state index contributed by atoms with van der Waals surface area (Å²) in [5.74, 6) is -0.132. The van der Waals surface area contributed by atoms with Crippen LogP contribution in [0.2, 0.25) is 0 Å². The number of carbonyl (C=O) groups is 1. The number of aromatic nitrogens is 3. The lowest BCUT2D eigenvalue weighted by Gasteiger charge is -2.29. The summed E-state index contributed by atoms with van der Waals surface area (Å²) < 4.78 is 0. The van der Waals surface area contributed by atoms with Crippen molar-refractivity contribution in [3.8, 4) is 0 Å². The molecule has 1 amide bonds. The maximum atomic E-state index is 11.8. The number of carbonyl (C=O) groups excluding carboxylic acids is 1. The van der Waals surface area contributed by atoms with Crippen molar-refractivity contribution < 1.29 is 4.79 Å². The van der Waals surface area contributed by atoms with Crippen molar-refractivity contribution >= 4 is 29.4 Å². The van der Waals surface area contributed by atoms with Crippen LogP contribution in [0.15, 0.2) is 36.9 Å². The molecule has 29 heavy (non-hydrogen) atoms. The van der Waals surface area contributed by atoms with Crippen LogP contribution in [-0.2, 0) is 0 Å². The topological polar surface area (TPSA) is 132 Å². The number of nitrogens with one attached hydrogen (secondary N) is 2. The van der Waals surface area contributed by atoms with Gasteiger partial charge in [-0.1, -0.05) is 43.7 Å². The largest absolute Gasteiger partial charge is 0.364 e. The predicted molar refractivity (Wildman–Crippen MR) is 116 cm³/mol. The van der Waals surface area contributed by atoms with Gasteiger partial charge in [-0.15, -0.1) is 10.2 Å². The zero-order valence-corrected chi connectivity index (χ0v) is 16.6. The number of nitrogens with zero attached hydrogens (tertiary/aromatic N) is 3. The van der Waals surface area contributed by atoms with Gasteiger partial charge in [-0.05, 0) is 43.0 Å². The SMILES string of the molecule is C=C/C=C\c1cc(Nc2nc(N[C@@H]3CCCC[C@@H]3N)nnc2C(N)=O)ccc1C. The number of amides is 1. The van der Waals surface area contributed by atoms with E-state index in [0.717, 1.165) is 42.5 Å². The lowest BCUT2D eigenvalue weighted by Crippen LogP contribution is -2.43. The van der Waals surface area contributed by atoms with E-state index in [2.05, 4.69) is 32.4 Å². The molecule has 6 N–H and O–H groups in total. The number of aryl methyl sites for hydroxylation is 1. The summed E-state index contributed by atoms with van der Waals surface area (Å²) in [6.07, 6.45) is 9.67. The highest BCUT2D eigenvalue weighted by Gasteiger charge is 2.23. The van der Waals surface area contributed by atoms with Gasteiger partial charge in [0.1, 0.15) is 0 Å². The third-order valence-corrected chi connectivity index (χ3v) is 5.01. The van der Waals surface area contributed by atoms with E-state index in [9.17, 15) is 4.79 Å². The molecule has 1 saturated carbocycles. The molecule has 8 heteroatoms. The Morgan fingerprint density at radius 2 is 2.07 bits per heavy atom. The van der Waals surface area contributed by atoms with Gasteiger partial charge < -0.3 is 22.1 Å². The summed E-state index contributed by atoms with van der Waals surface area (Å²) in [6, 6.07) is 5.94. The summed E-state index contributed by atoms with van der Waals surface area (Å²) in [4.78, 5) is 16.3. The molecule has 1 aliphatic rings. The van der Waals surface area contributed by atoms with Gasteiger partial charge in [0.05, 0.1) is 0 Å². The first kappa shape index (κ1) is 20.5. The smallest absolute Gasteiger partial charge is 0.273 e. The Labute approximate surface area is 170 Å². The zero-order valence-electron chi connectivity index (χ0n) is 16.6. The number of primary amides is 1. The molecule has 0 unspecified atom stereocenters. The minimum atomic E-state index is -0.702. The molecule has 1 aromatic carbocycles. The average Bonchev–Trinajstić information content (AvgIpc) is 2.70. The summed E-state index contributed by atoms with van der Waals surface area (Å²) in [6.45, 7) is 5.71. The standard InChI is InChI=1S/C21H27N7O/c1-3-4-7-14-12-15(11-10-13(14)2)24-20-18(19(23)29)27-28-21(26-20)25-17-9-6-5-8-16(17)22/h3-4,7,10-12,16-17H,1,5-6,8-9,22H2,2H3,(H2,23,29)(H2,24,25,26,28)/b7-4-/t16-,17+/m0/s1. The molecule has 1 fully saturated rings. The van der Waals surface area contributed by atoms with E-state index in [4.69, 9.17) is 11.5 Å². The first-order valence-corrected chi connectivity index (χ1v) is 9.71. The van der Waals surface area contributed by atoms with Crippen LogP contribution in [0.25, 0.3) is 6.08 Å². The lowest BCUT2D eigenvalue weighted by molar-refractivity contribution is 0.0995. The van der Waals surface area contributed by atoms with E-state index in [1.54, 1.807) is 6.08 Å². The molecule has 0 radical (unpaired) electrons. The zero-order chi connectivity index (χ0) is 20.8. The summed E-state index contributed by atoms with van der Waals surface area (Å²) in [5, 5.41) is 14.4. The number of allylic oxidation sites excluding steroid dienone is 2. The number of nitrogens with two attached hydrogens (primary N) is 2. The molecule has 1 aromatic heterocycles. The molecule has 0 saturated heterocycles. The molecule has 152 valence electrons. The molecule has 1 aliphatic carbocycles. The average molecular weight is 393 g/mol. The minimum Gasteiger partial charge on any atom is -0.364 e. The van der Waals surface area contributed by atoms with E-state index >= 15 is 0 Å². The second kappa shape index (κ2) is 9.29. The Morgan fingerprint density at radius 3 is 2.79 bits per heavy atom. The Hall–Kier alpha value is -3.26. The normalized spacial score (nSPS) is 19.1. The van der Waals surface area contributed by atoms with Crippen molar-refractivity contribution in [2.75, 3.05) is 10.6 Å². The molecule has 3 rings (SSSR count). The van der Waals surface area contributed by atoms with Gasteiger partial charge in [0, 0.05) is 17.8 Å². The van der Waals surface area contributed by atoms with Crippen LogP contribution in [-0.4, -0.2) is 33.2 Å². The Morgan fingerprint density at radius 1 is 1.28 bits per heavy atom. The van der Waals surface area contributed by atoms with Gasteiger partial charge >= 0.3 is 0 Å². The van der Waals surface area contributed by atoms with Crippen LogP contribution in [0, 0.1) is 6.92 Å². The van der Waals surface area contributed by atoms with Crippen LogP contribution >= 0.6 is 0 Å². The molecule has 1 heterocycles. The van der Waals surface area contributed by atoms with Crippen LogP contribution in [0.3, 0.4) is 0 Å². The van der Waals surface area contributed by atoms with Crippen LogP contribution < -0.4 is 22.1 Å². The van der Waals surface area contributed by atoms with Gasteiger partial charge in [0.15, 0.2) is 11.5 Å². The Balaban J connectivity index is 1.87. The first-order chi connectivity index (χ1) is 14.0. The van der Waals surface area contributed by atoms with E-state index in [-0.39, 0.29) is 23.6 Å². The number of hydrogen-bond donors (Lipinski definition) is 4. The van der Waals surface area contributed by atoms with E-state index in [1.165, 1.54) is 0 Å². The molecular weight excluding hydrogens is 366 g/mol. The van der Waals surface area contributed by atoms with E-state index in [0.29, 0.717) is 5.95 Å². The summed E-state index contributed by atoms with van der Waals surface area (Å²) in [7, 11) is 0. The summed E-state index contributed by atoms with van der Waals surface area (Å²) in [5.41, 5.74) is 14.5. The molecule has 0 bridgehead atoms. The van der Waals surface area contributed by atoms with Crippen molar-refractivity contribution in [2.45, 2.75) is 44.7 Å².